The topological polar surface area (TPSA) is 3.24 Å². The van der Waals surface area contributed by atoms with Crippen molar-refractivity contribution in [1.29, 1.82) is 0 Å². The summed E-state index contributed by atoms with van der Waals surface area (Å²) in [6.07, 6.45) is 0. The highest BCUT2D eigenvalue weighted by molar-refractivity contribution is 7.26. The van der Waals surface area contributed by atoms with Gasteiger partial charge in [-0.25, -0.2) is 0 Å². The molecule has 0 aliphatic rings. The zero-order valence-electron chi connectivity index (χ0n) is 26.5. The van der Waals surface area contributed by atoms with Crippen molar-refractivity contribution < 1.29 is 0 Å². The monoisotopic (exact) mass is 659 g/mol. The molecule has 0 fully saturated rings. The van der Waals surface area contributed by atoms with Gasteiger partial charge in [-0.05, 0) is 87.6 Å². The van der Waals surface area contributed by atoms with Crippen molar-refractivity contribution >= 4 is 90.9 Å². The molecule has 2 heterocycles. The van der Waals surface area contributed by atoms with Crippen LogP contribution in [0.25, 0.3) is 73.4 Å². The molecule has 0 N–H and O–H groups in total. The SMILES string of the molecule is c1cc(-c2cccc3ccccc23)cc(N(c2ccc(-c3ccc4sc5ccccc5c4c3)cc2)c2cccc3c2sc2ccccc23)c1. The molecule has 10 aromatic rings. The maximum absolute atomic E-state index is 2.44. The molecular weight excluding hydrogens is 631 g/mol. The second kappa shape index (κ2) is 11.5. The molecule has 230 valence electrons. The smallest absolute Gasteiger partial charge is 0.0640 e. The van der Waals surface area contributed by atoms with Crippen molar-refractivity contribution in [2.24, 2.45) is 0 Å². The van der Waals surface area contributed by atoms with E-state index in [0.29, 0.717) is 0 Å². The third-order valence-electron chi connectivity index (χ3n) is 9.66. The van der Waals surface area contributed by atoms with E-state index in [9.17, 15) is 0 Å². The van der Waals surface area contributed by atoms with Crippen LogP contribution in [-0.2, 0) is 0 Å². The molecule has 0 radical (unpaired) electrons. The maximum Gasteiger partial charge on any atom is 0.0640 e. The Morgan fingerprint density at radius 3 is 1.84 bits per heavy atom. The number of benzene rings is 8. The van der Waals surface area contributed by atoms with Crippen molar-refractivity contribution in [3.63, 3.8) is 0 Å². The van der Waals surface area contributed by atoms with Gasteiger partial charge in [0.1, 0.15) is 0 Å². The second-order valence-corrected chi connectivity index (χ2v) is 14.7. The maximum atomic E-state index is 2.44. The molecule has 2 aromatic heterocycles. The van der Waals surface area contributed by atoms with Crippen LogP contribution < -0.4 is 4.90 Å². The molecular formula is C46H29NS2. The second-order valence-electron chi connectivity index (χ2n) is 12.5. The third kappa shape index (κ3) is 4.74. The van der Waals surface area contributed by atoms with Crippen molar-refractivity contribution in [1.82, 2.24) is 0 Å². The average Bonchev–Trinajstić information content (AvgIpc) is 3.74. The van der Waals surface area contributed by atoms with Crippen LogP contribution >= 0.6 is 22.7 Å². The van der Waals surface area contributed by atoms with Crippen molar-refractivity contribution in [2.75, 3.05) is 4.90 Å². The number of rotatable bonds is 5. The first-order valence-corrected chi connectivity index (χ1v) is 18.2. The fourth-order valence-electron chi connectivity index (χ4n) is 7.33. The Labute approximate surface area is 292 Å². The minimum atomic E-state index is 1.13. The lowest BCUT2D eigenvalue weighted by molar-refractivity contribution is 1.30. The Morgan fingerprint density at radius 2 is 0.980 bits per heavy atom. The van der Waals surface area contributed by atoms with Gasteiger partial charge in [0.05, 0.1) is 10.4 Å². The number of hydrogen-bond acceptors (Lipinski definition) is 3. The van der Waals surface area contributed by atoms with Gasteiger partial charge in [0.15, 0.2) is 0 Å². The number of nitrogens with zero attached hydrogens (tertiary/aromatic N) is 1. The van der Waals surface area contributed by atoms with Gasteiger partial charge >= 0.3 is 0 Å². The number of fused-ring (bicyclic) bond motifs is 7. The number of hydrogen-bond donors (Lipinski definition) is 0. The van der Waals surface area contributed by atoms with E-state index in [2.05, 4.69) is 181 Å². The Kier molecular flexibility index (Phi) is 6.61. The van der Waals surface area contributed by atoms with Crippen molar-refractivity contribution in [3.05, 3.63) is 176 Å². The van der Waals surface area contributed by atoms with Gasteiger partial charge in [-0.1, -0.05) is 121 Å². The van der Waals surface area contributed by atoms with Crippen LogP contribution in [-0.4, -0.2) is 0 Å². The van der Waals surface area contributed by atoms with Crippen LogP contribution in [0.15, 0.2) is 176 Å². The largest absolute Gasteiger partial charge is 0.309 e. The van der Waals surface area contributed by atoms with Crippen LogP contribution in [0.3, 0.4) is 0 Å². The molecule has 3 heteroatoms. The summed E-state index contributed by atoms with van der Waals surface area (Å²) >= 11 is 3.73. The fourth-order valence-corrected chi connectivity index (χ4v) is 9.63. The van der Waals surface area contributed by atoms with Gasteiger partial charge in [-0.3, -0.25) is 0 Å². The molecule has 0 saturated carbocycles. The van der Waals surface area contributed by atoms with E-state index in [-0.39, 0.29) is 0 Å². The Morgan fingerprint density at radius 1 is 0.347 bits per heavy atom. The van der Waals surface area contributed by atoms with E-state index >= 15 is 0 Å². The molecule has 0 bridgehead atoms. The zero-order valence-corrected chi connectivity index (χ0v) is 28.1. The molecule has 8 aromatic carbocycles. The Hall–Kier alpha value is -5.74. The summed E-state index contributed by atoms with van der Waals surface area (Å²) in [7, 11) is 0. The summed E-state index contributed by atoms with van der Waals surface area (Å²) < 4.78 is 5.26. The molecule has 0 spiro atoms. The first-order chi connectivity index (χ1) is 24.3. The zero-order chi connectivity index (χ0) is 32.3. The lowest BCUT2D eigenvalue weighted by Crippen LogP contribution is -2.10. The van der Waals surface area contributed by atoms with Crippen LogP contribution in [0.1, 0.15) is 0 Å². The van der Waals surface area contributed by atoms with Gasteiger partial charge in [-0.15, -0.1) is 22.7 Å². The molecule has 1 nitrogen and oxygen atoms in total. The van der Waals surface area contributed by atoms with Crippen LogP contribution in [0.4, 0.5) is 17.1 Å². The van der Waals surface area contributed by atoms with E-state index in [4.69, 9.17) is 0 Å². The van der Waals surface area contributed by atoms with Crippen LogP contribution in [0.5, 0.6) is 0 Å². The summed E-state index contributed by atoms with van der Waals surface area (Å²) in [4.78, 5) is 2.44. The van der Waals surface area contributed by atoms with Crippen molar-refractivity contribution in [2.45, 2.75) is 0 Å². The average molecular weight is 660 g/mol. The summed E-state index contributed by atoms with van der Waals surface area (Å²) in [5, 5.41) is 7.77. The Bertz CT molecular complexity index is 2830. The highest BCUT2D eigenvalue weighted by atomic mass is 32.1. The standard InChI is InChI=1S/C46H29NS2/c1-2-14-36-31(10-1)11-8-17-37(36)33-12-7-13-35(28-33)47(42-19-9-18-40-38-15-3-6-21-44(38)49-46(40)42)34-25-22-30(23-26-34)32-24-27-45-41(29-32)39-16-4-5-20-43(39)48-45/h1-29H. The summed E-state index contributed by atoms with van der Waals surface area (Å²) in [6, 6.07) is 64.5. The predicted octanol–water partition coefficient (Wildman–Crippen LogP) is 14.4. The highest BCUT2D eigenvalue weighted by Gasteiger charge is 2.19. The summed E-state index contributed by atoms with van der Waals surface area (Å²) in [5.41, 5.74) is 8.35. The lowest BCUT2D eigenvalue weighted by atomic mass is 9.97. The van der Waals surface area contributed by atoms with Gasteiger partial charge in [0.25, 0.3) is 0 Å². The van der Waals surface area contributed by atoms with Gasteiger partial charge in [0.2, 0.25) is 0 Å². The van der Waals surface area contributed by atoms with E-state index in [0.717, 1.165) is 11.4 Å². The quantitative estimate of drug-likeness (QED) is 0.178. The van der Waals surface area contributed by atoms with Gasteiger partial charge in [0, 0.05) is 47.0 Å². The lowest BCUT2D eigenvalue weighted by Gasteiger charge is -2.27. The molecule has 0 saturated heterocycles. The number of anilines is 3. The normalized spacial score (nSPS) is 11.7. The fraction of sp³-hybridized carbons (Fsp3) is 0. The molecule has 49 heavy (non-hydrogen) atoms. The van der Waals surface area contributed by atoms with E-state index < -0.39 is 0 Å². The summed E-state index contributed by atoms with van der Waals surface area (Å²) in [6.45, 7) is 0. The van der Waals surface area contributed by atoms with Crippen LogP contribution in [0.2, 0.25) is 0 Å². The predicted molar refractivity (Wildman–Crippen MR) is 215 cm³/mol. The molecule has 0 amide bonds. The summed E-state index contributed by atoms with van der Waals surface area (Å²) in [5.74, 6) is 0. The molecule has 0 unspecified atom stereocenters. The third-order valence-corrected chi connectivity index (χ3v) is 12.0. The van der Waals surface area contributed by atoms with Crippen molar-refractivity contribution in [3.8, 4) is 22.3 Å². The van der Waals surface area contributed by atoms with E-state index in [1.165, 1.54) is 79.1 Å². The van der Waals surface area contributed by atoms with Crippen LogP contribution in [0, 0.1) is 0 Å². The first-order valence-electron chi connectivity index (χ1n) is 16.6. The first kappa shape index (κ1) is 28.3. The van der Waals surface area contributed by atoms with E-state index in [1.54, 1.807) is 0 Å². The number of thiophene rings is 2. The van der Waals surface area contributed by atoms with Gasteiger partial charge < -0.3 is 4.90 Å². The van der Waals surface area contributed by atoms with Gasteiger partial charge in [-0.2, -0.15) is 0 Å². The molecule has 0 atom stereocenters. The molecule has 10 rings (SSSR count). The molecule has 0 aliphatic carbocycles. The van der Waals surface area contributed by atoms with E-state index in [1.807, 2.05) is 22.7 Å². The highest BCUT2D eigenvalue weighted by Crippen LogP contribution is 2.46. The Balaban J connectivity index is 1.14. The minimum absolute atomic E-state index is 1.13. The minimum Gasteiger partial charge on any atom is -0.309 e. The molecule has 0 aliphatic heterocycles.